The monoisotopic (exact) mass is 262 g/mol. The SMILES string of the molecule is C=CCN(CCO)CCC(=O)Nc1ccccc1C. The van der Waals surface area contributed by atoms with Gasteiger partial charge in [0.15, 0.2) is 0 Å². The molecule has 0 heterocycles. The molecule has 1 aromatic carbocycles. The van der Waals surface area contributed by atoms with Crippen molar-refractivity contribution < 1.29 is 9.90 Å². The van der Waals surface area contributed by atoms with Gasteiger partial charge in [-0.15, -0.1) is 6.58 Å². The van der Waals surface area contributed by atoms with Gasteiger partial charge in [-0.25, -0.2) is 0 Å². The van der Waals surface area contributed by atoms with Crippen LogP contribution < -0.4 is 5.32 Å². The van der Waals surface area contributed by atoms with Crippen molar-refractivity contribution in [2.24, 2.45) is 0 Å². The fraction of sp³-hybridized carbons (Fsp3) is 0.400. The first kappa shape index (κ1) is 15.4. The first-order chi connectivity index (χ1) is 9.17. The fourth-order valence-corrected chi connectivity index (χ4v) is 1.80. The number of anilines is 1. The number of carbonyl (C=O) groups is 1. The standard InChI is InChI=1S/C15H22N2O2/c1-3-9-17(11-12-18)10-8-15(19)16-14-7-5-4-6-13(14)2/h3-7,18H,1,8-12H2,2H3,(H,16,19). The Morgan fingerprint density at radius 2 is 2.16 bits per heavy atom. The number of aliphatic hydroxyl groups excluding tert-OH is 1. The van der Waals surface area contributed by atoms with Gasteiger partial charge in [-0.3, -0.25) is 9.69 Å². The summed E-state index contributed by atoms with van der Waals surface area (Å²) in [5, 5.41) is 11.8. The summed E-state index contributed by atoms with van der Waals surface area (Å²) in [5.41, 5.74) is 1.90. The van der Waals surface area contributed by atoms with E-state index >= 15 is 0 Å². The predicted octanol–water partition coefficient (Wildman–Crippen LogP) is 1.80. The average Bonchev–Trinajstić information content (AvgIpc) is 2.39. The van der Waals surface area contributed by atoms with Crippen LogP contribution in [-0.4, -0.2) is 42.2 Å². The third kappa shape index (κ3) is 5.68. The highest BCUT2D eigenvalue weighted by Crippen LogP contribution is 2.13. The number of amides is 1. The quantitative estimate of drug-likeness (QED) is 0.702. The maximum atomic E-state index is 11.9. The number of hydrogen-bond acceptors (Lipinski definition) is 3. The molecule has 0 aliphatic rings. The molecule has 0 aromatic heterocycles. The number of hydrogen-bond donors (Lipinski definition) is 2. The lowest BCUT2D eigenvalue weighted by molar-refractivity contribution is -0.116. The summed E-state index contributed by atoms with van der Waals surface area (Å²) < 4.78 is 0. The summed E-state index contributed by atoms with van der Waals surface area (Å²) in [6, 6.07) is 7.70. The van der Waals surface area contributed by atoms with Crippen LogP contribution >= 0.6 is 0 Å². The number of rotatable bonds is 8. The van der Waals surface area contributed by atoms with Crippen molar-refractivity contribution in [3.8, 4) is 0 Å². The van der Waals surface area contributed by atoms with Gasteiger partial charge in [-0.1, -0.05) is 24.3 Å². The molecule has 0 unspecified atom stereocenters. The first-order valence-electron chi connectivity index (χ1n) is 6.47. The molecule has 1 aromatic rings. The van der Waals surface area contributed by atoms with Crippen LogP contribution in [-0.2, 0) is 4.79 Å². The first-order valence-corrected chi connectivity index (χ1v) is 6.47. The molecule has 19 heavy (non-hydrogen) atoms. The van der Waals surface area contributed by atoms with E-state index in [1.165, 1.54) is 0 Å². The number of nitrogens with one attached hydrogen (secondary N) is 1. The summed E-state index contributed by atoms with van der Waals surface area (Å²) in [7, 11) is 0. The molecule has 0 spiro atoms. The van der Waals surface area contributed by atoms with Gasteiger partial charge in [-0.05, 0) is 18.6 Å². The maximum absolute atomic E-state index is 11.9. The molecule has 2 N–H and O–H groups in total. The Kier molecular flexibility index (Phi) is 6.85. The van der Waals surface area contributed by atoms with Gasteiger partial charge < -0.3 is 10.4 Å². The molecule has 0 radical (unpaired) electrons. The Morgan fingerprint density at radius 3 is 2.79 bits per heavy atom. The molecule has 0 aliphatic heterocycles. The van der Waals surface area contributed by atoms with Crippen molar-refractivity contribution in [3.05, 3.63) is 42.5 Å². The van der Waals surface area contributed by atoms with E-state index in [0.29, 0.717) is 26.1 Å². The maximum Gasteiger partial charge on any atom is 0.225 e. The topological polar surface area (TPSA) is 52.6 Å². The highest BCUT2D eigenvalue weighted by Gasteiger charge is 2.07. The van der Waals surface area contributed by atoms with Crippen LogP contribution in [0.2, 0.25) is 0 Å². The number of benzene rings is 1. The molecule has 0 fully saturated rings. The predicted molar refractivity (Wildman–Crippen MR) is 78.1 cm³/mol. The normalized spacial score (nSPS) is 10.5. The number of carbonyl (C=O) groups excluding carboxylic acids is 1. The molecule has 1 rings (SSSR count). The van der Waals surface area contributed by atoms with Crippen LogP contribution in [0.15, 0.2) is 36.9 Å². The molecule has 4 heteroatoms. The van der Waals surface area contributed by atoms with E-state index in [1.807, 2.05) is 36.1 Å². The molecule has 0 atom stereocenters. The third-order valence-electron chi connectivity index (χ3n) is 2.88. The highest BCUT2D eigenvalue weighted by molar-refractivity contribution is 5.91. The zero-order valence-corrected chi connectivity index (χ0v) is 11.4. The van der Waals surface area contributed by atoms with Crippen molar-refractivity contribution in [1.82, 2.24) is 4.90 Å². The lowest BCUT2D eigenvalue weighted by atomic mass is 10.2. The number of para-hydroxylation sites is 1. The Bertz CT molecular complexity index is 418. The second-order valence-corrected chi connectivity index (χ2v) is 4.43. The minimum atomic E-state index is -0.0127. The van der Waals surface area contributed by atoms with Gasteiger partial charge in [0.1, 0.15) is 0 Å². The summed E-state index contributed by atoms with van der Waals surface area (Å²) in [4.78, 5) is 13.8. The fourth-order valence-electron chi connectivity index (χ4n) is 1.80. The molecule has 104 valence electrons. The van der Waals surface area contributed by atoms with Gasteiger partial charge in [0.25, 0.3) is 0 Å². The second-order valence-electron chi connectivity index (χ2n) is 4.43. The number of nitrogens with zero attached hydrogens (tertiary/aromatic N) is 1. The van der Waals surface area contributed by atoms with E-state index in [0.717, 1.165) is 11.3 Å². The third-order valence-corrected chi connectivity index (χ3v) is 2.88. The summed E-state index contributed by atoms with van der Waals surface area (Å²) >= 11 is 0. The summed E-state index contributed by atoms with van der Waals surface area (Å²) in [6.45, 7) is 7.57. The van der Waals surface area contributed by atoms with E-state index < -0.39 is 0 Å². The molecule has 0 saturated carbocycles. The molecule has 0 aliphatic carbocycles. The van der Waals surface area contributed by atoms with Crippen molar-refractivity contribution in [2.45, 2.75) is 13.3 Å². The number of aryl methyl sites for hydroxylation is 1. The molecular weight excluding hydrogens is 240 g/mol. The van der Waals surface area contributed by atoms with E-state index in [1.54, 1.807) is 6.08 Å². The Hall–Kier alpha value is -1.65. The van der Waals surface area contributed by atoms with Crippen molar-refractivity contribution in [1.29, 1.82) is 0 Å². The summed E-state index contributed by atoms with van der Waals surface area (Å²) in [6.07, 6.45) is 2.18. The zero-order chi connectivity index (χ0) is 14.1. The van der Waals surface area contributed by atoms with Gasteiger partial charge in [0, 0.05) is 31.7 Å². The van der Waals surface area contributed by atoms with Crippen LogP contribution in [0.3, 0.4) is 0 Å². The van der Waals surface area contributed by atoms with Crippen molar-refractivity contribution in [3.63, 3.8) is 0 Å². The highest BCUT2D eigenvalue weighted by atomic mass is 16.3. The number of aliphatic hydroxyl groups is 1. The lowest BCUT2D eigenvalue weighted by Gasteiger charge is -2.19. The largest absolute Gasteiger partial charge is 0.395 e. The second kappa shape index (κ2) is 8.45. The van der Waals surface area contributed by atoms with E-state index in [-0.39, 0.29) is 12.5 Å². The van der Waals surface area contributed by atoms with Crippen LogP contribution in [0.4, 0.5) is 5.69 Å². The van der Waals surface area contributed by atoms with E-state index in [2.05, 4.69) is 11.9 Å². The average molecular weight is 262 g/mol. The Balaban J connectivity index is 2.42. The minimum absolute atomic E-state index is 0.0127. The van der Waals surface area contributed by atoms with E-state index in [9.17, 15) is 4.79 Å². The smallest absolute Gasteiger partial charge is 0.225 e. The molecular formula is C15H22N2O2. The zero-order valence-electron chi connectivity index (χ0n) is 11.4. The Morgan fingerprint density at radius 1 is 1.42 bits per heavy atom. The lowest BCUT2D eigenvalue weighted by Crippen LogP contribution is -2.30. The van der Waals surface area contributed by atoms with E-state index in [4.69, 9.17) is 5.11 Å². The van der Waals surface area contributed by atoms with Gasteiger partial charge >= 0.3 is 0 Å². The molecule has 0 saturated heterocycles. The summed E-state index contributed by atoms with van der Waals surface area (Å²) in [5.74, 6) is -0.0127. The molecule has 0 bridgehead atoms. The Labute approximate surface area is 114 Å². The van der Waals surface area contributed by atoms with Crippen molar-refractivity contribution >= 4 is 11.6 Å². The molecule has 1 amide bonds. The van der Waals surface area contributed by atoms with Crippen molar-refractivity contribution in [2.75, 3.05) is 31.6 Å². The molecule has 4 nitrogen and oxygen atoms in total. The van der Waals surface area contributed by atoms with Crippen LogP contribution in [0, 0.1) is 6.92 Å². The van der Waals surface area contributed by atoms with Crippen LogP contribution in [0.25, 0.3) is 0 Å². The van der Waals surface area contributed by atoms with Gasteiger partial charge in [0.05, 0.1) is 6.61 Å². The van der Waals surface area contributed by atoms with Crippen LogP contribution in [0.1, 0.15) is 12.0 Å². The van der Waals surface area contributed by atoms with Crippen LogP contribution in [0.5, 0.6) is 0 Å². The van der Waals surface area contributed by atoms with Gasteiger partial charge in [-0.2, -0.15) is 0 Å². The van der Waals surface area contributed by atoms with Gasteiger partial charge in [0.2, 0.25) is 5.91 Å². The minimum Gasteiger partial charge on any atom is -0.395 e.